The van der Waals surface area contributed by atoms with Crippen molar-refractivity contribution in [3.05, 3.63) is 72.3 Å². The second-order valence-electron chi connectivity index (χ2n) is 5.76. The van der Waals surface area contributed by atoms with Crippen LogP contribution in [0.15, 0.2) is 61.2 Å². The predicted octanol–water partition coefficient (Wildman–Crippen LogP) is 4.54. The summed E-state index contributed by atoms with van der Waals surface area (Å²) in [7, 11) is 0. The Morgan fingerprint density at radius 2 is 1.52 bits per heavy atom. The van der Waals surface area contributed by atoms with Gasteiger partial charge in [0.1, 0.15) is 11.5 Å². The minimum Gasteiger partial charge on any atom is -0.423 e. The molecular weight excluding hydrogens is 316 g/mol. The summed E-state index contributed by atoms with van der Waals surface area (Å²) in [4.78, 5) is 23.0. The maximum absolute atomic E-state index is 11.5. The summed E-state index contributed by atoms with van der Waals surface area (Å²) >= 11 is 0. The van der Waals surface area contributed by atoms with E-state index in [1.807, 2.05) is 38.1 Å². The van der Waals surface area contributed by atoms with Crippen LogP contribution in [-0.4, -0.2) is 11.9 Å². The van der Waals surface area contributed by atoms with E-state index in [-0.39, 0.29) is 0 Å². The predicted molar refractivity (Wildman–Crippen MR) is 97.6 cm³/mol. The monoisotopic (exact) mass is 336 g/mol. The van der Waals surface area contributed by atoms with E-state index < -0.39 is 11.9 Å². The number of hydrogen-bond acceptors (Lipinski definition) is 4. The maximum Gasteiger partial charge on any atom is 0.338 e. The Kier molecular flexibility index (Phi) is 5.55. The van der Waals surface area contributed by atoms with Crippen LogP contribution in [0.1, 0.15) is 18.1 Å². The molecule has 0 atom stereocenters. The van der Waals surface area contributed by atoms with E-state index in [0.717, 1.165) is 28.3 Å². The molecule has 2 rings (SSSR count). The van der Waals surface area contributed by atoms with Crippen molar-refractivity contribution < 1.29 is 19.1 Å². The van der Waals surface area contributed by atoms with E-state index in [0.29, 0.717) is 17.1 Å². The van der Waals surface area contributed by atoms with Crippen LogP contribution in [0.5, 0.6) is 11.5 Å². The van der Waals surface area contributed by atoms with Gasteiger partial charge in [0.15, 0.2) is 0 Å². The van der Waals surface area contributed by atoms with Gasteiger partial charge in [0.05, 0.1) is 0 Å². The first-order chi connectivity index (χ1) is 11.8. The van der Waals surface area contributed by atoms with Gasteiger partial charge < -0.3 is 9.47 Å². The molecule has 0 unspecified atom stereocenters. The van der Waals surface area contributed by atoms with Gasteiger partial charge in [-0.15, -0.1) is 0 Å². The van der Waals surface area contributed by atoms with Gasteiger partial charge in [-0.3, -0.25) is 0 Å². The molecule has 25 heavy (non-hydrogen) atoms. The van der Waals surface area contributed by atoms with Gasteiger partial charge in [-0.1, -0.05) is 25.3 Å². The molecule has 0 spiro atoms. The zero-order chi connectivity index (χ0) is 18.6. The van der Waals surface area contributed by atoms with Crippen molar-refractivity contribution in [2.24, 2.45) is 0 Å². The third-order valence-electron chi connectivity index (χ3n) is 3.58. The molecule has 2 aromatic rings. The molecule has 0 aromatic heterocycles. The zero-order valence-corrected chi connectivity index (χ0v) is 14.6. The van der Waals surface area contributed by atoms with Crippen LogP contribution in [-0.2, 0) is 9.59 Å². The smallest absolute Gasteiger partial charge is 0.338 e. The van der Waals surface area contributed by atoms with Crippen molar-refractivity contribution in [2.45, 2.75) is 20.8 Å². The van der Waals surface area contributed by atoms with Gasteiger partial charge >= 0.3 is 11.9 Å². The number of carbonyl (C=O) groups excluding carboxylic acids is 2. The van der Waals surface area contributed by atoms with Crippen LogP contribution in [0.4, 0.5) is 0 Å². The Morgan fingerprint density at radius 1 is 0.960 bits per heavy atom. The van der Waals surface area contributed by atoms with Crippen LogP contribution in [0.2, 0.25) is 0 Å². The van der Waals surface area contributed by atoms with Gasteiger partial charge in [-0.05, 0) is 67.3 Å². The normalized spacial score (nSPS) is 10.0. The molecule has 0 heterocycles. The average Bonchev–Trinajstić information content (AvgIpc) is 2.58. The molecule has 0 fully saturated rings. The van der Waals surface area contributed by atoms with Crippen molar-refractivity contribution in [1.29, 1.82) is 0 Å². The largest absolute Gasteiger partial charge is 0.423 e. The standard InChI is InChI=1S/C21H20O4/c1-6-19(22)25-20-14(4)11-17(12-15(20)5)16-7-9-18(10-8-16)24-21(23)13(2)3/h6-12H,1-2H2,3-5H3. The SMILES string of the molecule is C=CC(=O)Oc1c(C)cc(-c2ccc(OC(=O)C(=C)C)cc2)cc1C. The maximum atomic E-state index is 11.5. The van der Waals surface area contributed by atoms with Crippen molar-refractivity contribution >= 4 is 11.9 Å². The third-order valence-corrected chi connectivity index (χ3v) is 3.58. The molecule has 2 aromatic carbocycles. The molecule has 0 aliphatic rings. The molecule has 0 aliphatic carbocycles. The molecule has 128 valence electrons. The topological polar surface area (TPSA) is 52.6 Å². The molecule has 0 saturated heterocycles. The molecule has 0 radical (unpaired) electrons. The highest BCUT2D eigenvalue weighted by atomic mass is 16.5. The summed E-state index contributed by atoms with van der Waals surface area (Å²) in [6, 6.07) is 11.1. The van der Waals surface area contributed by atoms with E-state index in [2.05, 4.69) is 13.2 Å². The highest BCUT2D eigenvalue weighted by molar-refractivity contribution is 5.88. The summed E-state index contributed by atoms with van der Waals surface area (Å²) < 4.78 is 10.5. The first-order valence-corrected chi connectivity index (χ1v) is 7.75. The van der Waals surface area contributed by atoms with Gasteiger partial charge in [0.2, 0.25) is 0 Å². The molecular formula is C21H20O4. The second-order valence-corrected chi connectivity index (χ2v) is 5.76. The van der Waals surface area contributed by atoms with Crippen molar-refractivity contribution in [3.8, 4) is 22.6 Å². The molecule has 0 aliphatic heterocycles. The molecule has 0 N–H and O–H groups in total. The Labute approximate surface area is 147 Å². The van der Waals surface area contributed by atoms with Gasteiger partial charge in [0, 0.05) is 11.6 Å². The lowest BCUT2D eigenvalue weighted by Gasteiger charge is -2.12. The molecule has 4 heteroatoms. The Balaban J connectivity index is 2.27. The van der Waals surface area contributed by atoms with Gasteiger partial charge in [0.25, 0.3) is 0 Å². The number of ether oxygens (including phenoxy) is 2. The Hall–Kier alpha value is -3.14. The van der Waals surface area contributed by atoms with E-state index in [4.69, 9.17) is 9.47 Å². The quantitative estimate of drug-likeness (QED) is 0.457. The van der Waals surface area contributed by atoms with Crippen molar-refractivity contribution in [3.63, 3.8) is 0 Å². The highest BCUT2D eigenvalue weighted by Gasteiger charge is 2.11. The fourth-order valence-electron chi connectivity index (χ4n) is 2.33. The Morgan fingerprint density at radius 3 is 2.00 bits per heavy atom. The minimum atomic E-state index is -0.484. The van der Waals surface area contributed by atoms with Crippen molar-refractivity contribution in [1.82, 2.24) is 0 Å². The summed E-state index contributed by atoms with van der Waals surface area (Å²) in [5.74, 6) is 0.0674. The number of rotatable bonds is 5. The third kappa shape index (κ3) is 4.44. The number of esters is 2. The second kappa shape index (κ2) is 7.62. The van der Waals surface area contributed by atoms with Crippen LogP contribution in [0.3, 0.4) is 0 Å². The van der Waals surface area contributed by atoms with Gasteiger partial charge in [-0.25, -0.2) is 9.59 Å². The van der Waals surface area contributed by atoms with E-state index >= 15 is 0 Å². The zero-order valence-electron chi connectivity index (χ0n) is 14.6. The minimum absolute atomic E-state index is 0.347. The van der Waals surface area contributed by atoms with E-state index in [9.17, 15) is 9.59 Å². The summed E-state index contributed by atoms with van der Waals surface area (Å²) in [6.45, 7) is 12.3. The number of aryl methyl sites for hydroxylation is 2. The molecule has 4 nitrogen and oxygen atoms in total. The molecule has 0 saturated carbocycles. The number of benzene rings is 2. The summed E-state index contributed by atoms with van der Waals surface area (Å²) in [5.41, 5.74) is 3.99. The van der Waals surface area contributed by atoms with Gasteiger partial charge in [-0.2, -0.15) is 0 Å². The first kappa shape index (κ1) is 18.2. The molecule has 0 amide bonds. The lowest BCUT2D eigenvalue weighted by Crippen LogP contribution is -2.07. The van der Waals surface area contributed by atoms with E-state index in [1.165, 1.54) is 0 Å². The first-order valence-electron chi connectivity index (χ1n) is 7.75. The van der Waals surface area contributed by atoms with Crippen LogP contribution in [0.25, 0.3) is 11.1 Å². The Bertz CT molecular complexity index is 822. The van der Waals surface area contributed by atoms with E-state index in [1.54, 1.807) is 19.1 Å². The summed E-state index contributed by atoms with van der Waals surface area (Å²) in [6.07, 6.45) is 1.14. The number of carbonyl (C=O) groups is 2. The average molecular weight is 336 g/mol. The lowest BCUT2D eigenvalue weighted by molar-refractivity contribution is -0.130. The van der Waals surface area contributed by atoms with Crippen LogP contribution < -0.4 is 9.47 Å². The van der Waals surface area contributed by atoms with Crippen molar-refractivity contribution in [2.75, 3.05) is 0 Å². The molecule has 0 bridgehead atoms. The number of hydrogen-bond donors (Lipinski definition) is 0. The fraction of sp³-hybridized carbons (Fsp3) is 0.143. The fourth-order valence-corrected chi connectivity index (χ4v) is 2.33. The lowest BCUT2D eigenvalue weighted by atomic mass is 9.99. The highest BCUT2D eigenvalue weighted by Crippen LogP contribution is 2.31. The summed E-state index contributed by atoms with van der Waals surface area (Å²) in [5, 5.41) is 0. The van der Waals surface area contributed by atoms with Crippen LogP contribution >= 0.6 is 0 Å². The van der Waals surface area contributed by atoms with Crippen LogP contribution in [0, 0.1) is 13.8 Å².